The average Bonchev–Trinajstić information content (AvgIpc) is 2.33. The molecule has 92 valence electrons. The maximum Gasteiger partial charge on any atom is 0.166 e. The predicted octanol–water partition coefficient (Wildman–Crippen LogP) is 2.04. The minimum absolute atomic E-state index is 0.0180. The molecule has 2 rings (SSSR count). The number of ether oxygens (including phenoxy) is 1. The second-order valence-corrected chi connectivity index (χ2v) is 4.38. The number of hydrogen-bond acceptors (Lipinski definition) is 3. The molecular formula is C12H13ClFNO2. The average molecular weight is 258 g/mol. The third-order valence-corrected chi connectivity index (χ3v) is 2.99. The van der Waals surface area contributed by atoms with Crippen LogP contribution in [0.15, 0.2) is 18.2 Å². The predicted molar refractivity (Wildman–Crippen MR) is 63.0 cm³/mol. The van der Waals surface area contributed by atoms with Crippen molar-refractivity contribution in [1.82, 2.24) is 5.32 Å². The number of hydrogen-bond donors (Lipinski definition) is 1. The van der Waals surface area contributed by atoms with E-state index in [2.05, 4.69) is 5.32 Å². The van der Waals surface area contributed by atoms with Gasteiger partial charge in [0, 0.05) is 24.6 Å². The second-order valence-electron chi connectivity index (χ2n) is 3.98. The number of nitrogens with one attached hydrogen (secondary N) is 1. The van der Waals surface area contributed by atoms with E-state index in [-0.39, 0.29) is 28.8 Å². The molecule has 5 heteroatoms. The van der Waals surface area contributed by atoms with Crippen molar-refractivity contribution in [3.05, 3.63) is 34.6 Å². The van der Waals surface area contributed by atoms with Crippen LogP contribution >= 0.6 is 11.6 Å². The lowest BCUT2D eigenvalue weighted by atomic mass is 10.0. The number of ketones is 1. The molecule has 0 radical (unpaired) electrons. The Morgan fingerprint density at radius 2 is 2.41 bits per heavy atom. The molecule has 0 amide bonds. The Balaban J connectivity index is 2.05. The SMILES string of the molecule is O=C(CC1COCCN1)c1cc(F)ccc1Cl. The van der Waals surface area contributed by atoms with Gasteiger partial charge in [0.05, 0.1) is 18.2 Å². The van der Waals surface area contributed by atoms with Crippen molar-refractivity contribution in [2.45, 2.75) is 12.5 Å². The van der Waals surface area contributed by atoms with E-state index in [1.54, 1.807) is 0 Å². The van der Waals surface area contributed by atoms with E-state index in [9.17, 15) is 9.18 Å². The van der Waals surface area contributed by atoms with E-state index in [1.165, 1.54) is 18.2 Å². The van der Waals surface area contributed by atoms with Crippen LogP contribution in [0.4, 0.5) is 4.39 Å². The quantitative estimate of drug-likeness (QED) is 0.843. The summed E-state index contributed by atoms with van der Waals surface area (Å²) in [7, 11) is 0. The normalized spacial score (nSPS) is 20.2. The Bertz CT molecular complexity index is 419. The Labute approximate surface area is 104 Å². The first-order valence-electron chi connectivity index (χ1n) is 5.46. The summed E-state index contributed by atoms with van der Waals surface area (Å²) < 4.78 is 18.3. The first-order valence-corrected chi connectivity index (χ1v) is 5.84. The van der Waals surface area contributed by atoms with Crippen LogP contribution in [0.1, 0.15) is 16.8 Å². The van der Waals surface area contributed by atoms with Crippen molar-refractivity contribution in [2.24, 2.45) is 0 Å². The fourth-order valence-corrected chi connectivity index (χ4v) is 2.02. The third kappa shape index (κ3) is 3.25. The van der Waals surface area contributed by atoms with Crippen LogP contribution < -0.4 is 5.32 Å². The highest BCUT2D eigenvalue weighted by Gasteiger charge is 2.19. The molecule has 0 spiro atoms. The minimum atomic E-state index is -0.453. The number of rotatable bonds is 3. The summed E-state index contributed by atoms with van der Waals surface area (Å²) in [4.78, 5) is 11.9. The van der Waals surface area contributed by atoms with Gasteiger partial charge in [0.25, 0.3) is 0 Å². The molecule has 1 fully saturated rings. The summed E-state index contributed by atoms with van der Waals surface area (Å²) in [5.74, 6) is -0.622. The number of morpholine rings is 1. The summed E-state index contributed by atoms with van der Waals surface area (Å²) in [6, 6.07) is 3.79. The molecule has 1 aliphatic rings. The van der Waals surface area contributed by atoms with Crippen LogP contribution in [-0.2, 0) is 4.74 Å². The van der Waals surface area contributed by atoms with E-state index in [4.69, 9.17) is 16.3 Å². The van der Waals surface area contributed by atoms with Crippen molar-refractivity contribution in [3.8, 4) is 0 Å². The number of Topliss-reactive ketones (excluding diaryl/α,β-unsaturated/α-hetero) is 1. The maximum absolute atomic E-state index is 13.0. The molecular weight excluding hydrogens is 245 g/mol. The van der Waals surface area contributed by atoms with Gasteiger partial charge < -0.3 is 10.1 Å². The molecule has 1 aliphatic heterocycles. The molecule has 3 nitrogen and oxygen atoms in total. The fraction of sp³-hybridized carbons (Fsp3) is 0.417. The number of benzene rings is 1. The van der Waals surface area contributed by atoms with Crippen molar-refractivity contribution in [2.75, 3.05) is 19.8 Å². The highest BCUT2D eigenvalue weighted by molar-refractivity contribution is 6.33. The fourth-order valence-electron chi connectivity index (χ4n) is 1.80. The van der Waals surface area contributed by atoms with Gasteiger partial charge in [-0.3, -0.25) is 4.79 Å². The summed E-state index contributed by atoms with van der Waals surface area (Å²) in [5, 5.41) is 3.46. The lowest BCUT2D eigenvalue weighted by Crippen LogP contribution is -2.42. The van der Waals surface area contributed by atoms with Crippen LogP contribution in [0, 0.1) is 5.82 Å². The Hall–Kier alpha value is -0.970. The highest BCUT2D eigenvalue weighted by atomic mass is 35.5. The van der Waals surface area contributed by atoms with Gasteiger partial charge in [0.2, 0.25) is 0 Å². The van der Waals surface area contributed by atoms with Crippen LogP contribution in [0.2, 0.25) is 5.02 Å². The van der Waals surface area contributed by atoms with Crippen LogP contribution in [0.25, 0.3) is 0 Å². The Morgan fingerprint density at radius 3 is 3.12 bits per heavy atom. The number of carbonyl (C=O) groups is 1. The monoisotopic (exact) mass is 257 g/mol. The second kappa shape index (κ2) is 5.58. The molecule has 1 heterocycles. The first kappa shape index (κ1) is 12.5. The first-order chi connectivity index (χ1) is 8.16. The Kier molecular flexibility index (Phi) is 4.10. The highest BCUT2D eigenvalue weighted by Crippen LogP contribution is 2.19. The summed E-state index contributed by atoms with van der Waals surface area (Å²) >= 11 is 5.87. The van der Waals surface area contributed by atoms with Crippen LogP contribution in [-0.4, -0.2) is 31.6 Å². The van der Waals surface area contributed by atoms with Crippen LogP contribution in [0.5, 0.6) is 0 Å². The molecule has 0 aliphatic carbocycles. The van der Waals surface area contributed by atoms with Crippen molar-refractivity contribution < 1.29 is 13.9 Å². The maximum atomic E-state index is 13.0. The van der Waals surface area contributed by atoms with Gasteiger partial charge in [0.15, 0.2) is 5.78 Å². The molecule has 0 saturated carbocycles. The van der Waals surface area contributed by atoms with Crippen molar-refractivity contribution >= 4 is 17.4 Å². The molecule has 1 N–H and O–H groups in total. The van der Waals surface area contributed by atoms with Crippen LogP contribution in [0.3, 0.4) is 0 Å². The molecule has 0 aromatic heterocycles. The summed E-state index contributed by atoms with van der Waals surface area (Å²) in [6.07, 6.45) is 0.267. The van der Waals surface area contributed by atoms with Crippen molar-refractivity contribution in [1.29, 1.82) is 0 Å². The van der Waals surface area contributed by atoms with Gasteiger partial charge >= 0.3 is 0 Å². The molecule has 1 aromatic carbocycles. The van der Waals surface area contributed by atoms with E-state index < -0.39 is 5.82 Å². The molecule has 17 heavy (non-hydrogen) atoms. The topological polar surface area (TPSA) is 38.3 Å². The van der Waals surface area contributed by atoms with Crippen molar-refractivity contribution in [3.63, 3.8) is 0 Å². The summed E-state index contributed by atoms with van der Waals surface area (Å²) in [5.41, 5.74) is 0.235. The van der Waals surface area contributed by atoms with Gasteiger partial charge in [-0.05, 0) is 18.2 Å². The summed E-state index contributed by atoms with van der Waals surface area (Å²) in [6.45, 7) is 1.89. The Morgan fingerprint density at radius 1 is 1.59 bits per heavy atom. The zero-order valence-corrected chi connectivity index (χ0v) is 9.97. The van der Waals surface area contributed by atoms with E-state index in [0.29, 0.717) is 13.2 Å². The molecule has 1 saturated heterocycles. The molecule has 0 bridgehead atoms. The lowest BCUT2D eigenvalue weighted by molar-refractivity contribution is 0.0676. The van der Waals surface area contributed by atoms with E-state index in [1.807, 2.05) is 0 Å². The van der Waals surface area contributed by atoms with E-state index >= 15 is 0 Å². The molecule has 1 unspecified atom stereocenters. The number of carbonyl (C=O) groups excluding carboxylic acids is 1. The zero-order chi connectivity index (χ0) is 12.3. The zero-order valence-electron chi connectivity index (χ0n) is 9.21. The van der Waals surface area contributed by atoms with Gasteiger partial charge in [-0.1, -0.05) is 11.6 Å². The molecule has 1 atom stereocenters. The van der Waals surface area contributed by atoms with Gasteiger partial charge in [-0.15, -0.1) is 0 Å². The largest absolute Gasteiger partial charge is 0.378 e. The minimum Gasteiger partial charge on any atom is -0.378 e. The van der Waals surface area contributed by atoms with Gasteiger partial charge in [0.1, 0.15) is 5.82 Å². The van der Waals surface area contributed by atoms with E-state index in [0.717, 1.165) is 6.54 Å². The molecule has 1 aromatic rings. The lowest BCUT2D eigenvalue weighted by Gasteiger charge is -2.23. The number of halogens is 2. The smallest absolute Gasteiger partial charge is 0.166 e. The third-order valence-electron chi connectivity index (χ3n) is 2.66. The van der Waals surface area contributed by atoms with Gasteiger partial charge in [-0.25, -0.2) is 4.39 Å². The van der Waals surface area contributed by atoms with Gasteiger partial charge in [-0.2, -0.15) is 0 Å². The standard InChI is InChI=1S/C12H13ClFNO2/c13-11-2-1-8(14)5-10(11)12(16)6-9-7-17-4-3-15-9/h1-2,5,9,15H,3-4,6-7H2.